The van der Waals surface area contributed by atoms with Crippen LogP contribution >= 0.6 is 0 Å². The van der Waals surface area contributed by atoms with Gasteiger partial charge in [-0.05, 0) is 81.9 Å². The van der Waals surface area contributed by atoms with Gasteiger partial charge in [0.2, 0.25) is 0 Å². The predicted molar refractivity (Wildman–Crippen MR) is 144 cm³/mol. The molecule has 178 valence electrons. The highest BCUT2D eigenvalue weighted by molar-refractivity contribution is 6.23. The number of hydrogen-bond acceptors (Lipinski definition) is 4. The standard InChI is InChI=1S/C32H26O4/c1-3-35-31(33)23-15-17-25-26-18-16-24(32(34)36-4-2)20-28(26)30(22-13-9-6-10-14-22)29(27(25)19-23)21-11-7-5-8-12-21/h5-20H,3-4H2,1-2H3. The molecule has 0 aromatic heterocycles. The van der Waals surface area contributed by atoms with E-state index in [0.717, 1.165) is 43.8 Å². The largest absolute Gasteiger partial charge is 0.462 e. The van der Waals surface area contributed by atoms with Crippen LogP contribution in [0.15, 0.2) is 97.1 Å². The summed E-state index contributed by atoms with van der Waals surface area (Å²) in [4.78, 5) is 25.3. The van der Waals surface area contributed by atoms with E-state index < -0.39 is 0 Å². The van der Waals surface area contributed by atoms with Gasteiger partial charge in [-0.3, -0.25) is 0 Å². The van der Waals surface area contributed by atoms with Crippen molar-refractivity contribution in [3.8, 4) is 22.3 Å². The Hall–Kier alpha value is -4.44. The van der Waals surface area contributed by atoms with Crippen molar-refractivity contribution in [2.45, 2.75) is 13.8 Å². The Morgan fingerprint density at radius 1 is 0.528 bits per heavy atom. The summed E-state index contributed by atoms with van der Waals surface area (Å²) in [7, 11) is 0. The fourth-order valence-electron chi connectivity index (χ4n) is 4.73. The zero-order valence-corrected chi connectivity index (χ0v) is 20.3. The average Bonchev–Trinajstić information content (AvgIpc) is 2.93. The van der Waals surface area contributed by atoms with Gasteiger partial charge in [0.1, 0.15) is 0 Å². The van der Waals surface area contributed by atoms with Crippen molar-refractivity contribution in [2.75, 3.05) is 13.2 Å². The van der Waals surface area contributed by atoms with Gasteiger partial charge in [0.25, 0.3) is 0 Å². The van der Waals surface area contributed by atoms with Crippen LogP contribution < -0.4 is 0 Å². The molecule has 0 atom stereocenters. The van der Waals surface area contributed by atoms with Crippen molar-refractivity contribution in [3.63, 3.8) is 0 Å². The number of rotatable bonds is 6. The van der Waals surface area contributed by atoms with Crippen molar-refractivity contribution < 1.29 is 19.1 Å². The lowest BCUT2D eigenvalue weighted by Gasteiger charge is -2.19. The molecule has 5 aromatic rings. The van der Waals surface area contributed by atoms with Crippen molar-refractivity contribution in [3.05, 3.63) is 108 Å². The molecule has 0 aliphatic carbocycles. The predicted octanol–water partition coefficient (Wildman–Crippen LogP) is 7.68. The van der Waals surface area contributed by atoms with E-state index in [9.17, 15) is 9.59 Å². The van der Waals surface area contributed by atoms with Crippen LogP contribution in [0.4, 0.5) is 0 Å². The molecule has 0 unspecified atom stereocenters. The molecule has 0 heterocycles. The third-order valence-corrected chi connectivity index (χ3v) is 6.27. The fourth-order valence-corrected chi connectivity index (χ4v) is 4.73. The zero-order chi connectivity index (χ0) is 25.1. The molecule has 0 aliphatic rings. The summed E-state index contributed by atoms with van der Waals surface area (Å²) in [5.41, 5.74) is 5.04. The van der Waals surface area contributed by atoms with Crippen molar-refractivity contribution in [1.82, 2.24) is 0 Å². The van der Waals surface area contributed by atoms with Crippen molar-refractivity contribution >= 4 is 33.5 Å². The van der Waals surface area contributed by atoms with E-state index in [1.54, 1.807) is 26.0 Å². The number of carbonyl (C=O) groups excluding carboxylic acids is 2. The maximum absolute atomic E-state index is 12.7. The van der Waals surface area contributed by atoms with Gasteiger partial charge < -0.3 is 9.47 Å². The molecule has 0 saturated heterocycles. The lowest BCUT2D eigenvalue weighted by molar-refractivity contribution is 0.0517. The topological polar surface area (TPSA) is 52.6 Å². The molecule has 0 bridgehead atoms. The minimum atomic E-state index is -0.350. The van der Waals surface area contributed by atoms with Crippen LogP contribution in [0, 0.1) is 0 Å². The molecule has 0 amide bonds. The van der Waals surface area contributed by atoms with E-state index in [1.165, 1.54) is 0 Å². The second-order valence-electron chi connectivity index (χ2n) is 8.44. The highest BCUT2D eigenvalue weighted by Gasteiger charge is 2.20. The van der Waals surface area contributed by atoms with Gasteiger partial charge in [-0.2, -0.15) is 0 Å². The monoisotopic (exact) mass is 474 g/mol. The maximum atomic E-state index is 12.7. The SMILES string of the molecule is CCOC(=O)c1ccc2c(c1)c(-c1ccccc1)c(-c1ccccc1)c1cc(C(=O)OCC)ccc12. The summed E-state index contributed by atoms with van der Waals surface area (Å²) in [5.74, 6) is -0.699. The first-order valence-corrected chi connectivity index (χ1v) is 12.1. The van der Waals surface area contributed by atoms with Crippen LogP contribution in [0.2, 0.25) is 0 Å². The fraction of sp³-hybridized carbons (Fsp3) is 0.125. The Morgan fingerprint density at radius 2 is 0.917 bits per heavy atom. The molecule has 0 aliphatic heterocycles. The minimum Gasteiger partial charge on any atom is -0.462 e. The third-order valence-electron chi connectivity index (χ3n) is 6.27. The molecule has 4 heteroatoms. The van der Waals surface area contributed by atoms with Gasteiger partial charge >= 0.3 is 11.9 Å². The van der Waals surface area contributed by atoms with Gasteiger partial charge in [0.15, 0.2) is 0 Å². The molecule has 5 rings (SSSR count). The summed E-state index contributed by atoms with van der Waals surface area (Å²) >= 11 is 0. The average molecular weight is 475 g/mol. The Kier molecular flexibility index (Phi) is 6.50. The molecule has 5 aromatic carbocycles. The van der Waals surface area contributed by atoms with Gasteiger partial charge in [-0.1, -0.05) is 72.8 Å². The van der Waals surface area contributed by atoms with Crippen LogP contribution in [0.1, 0.15) is 34.6 Å². The second-order valence-corrected chi connectivity index (χ2v) is 8.44. The third kappa shape index (κ3) is 4.22. The Labute approximate surface area is 210 Å². The van der Waals surface area contributed by atoms with E-state index in [-0.39, 0.29) is 11.9 Å². The van der Waals surface area contributed by atoms with Crippen molar-refractivity contribution in [1.29, 1.82) is 0 Å². The number of fused-ring (bicyclic) bond motifs is 3. The normalized spacial score (nSPS) is 10.9. The highest BCUT2D eigenvalue weighted by Crippen LogP contribution is 2.45. The quantitative estimate of drug-likeness (QED) is 0.187. The van der Waals surface area contributed by atoms with Gasteiger partial charge in [0, 0.05) is 0 Å². The minimum absolute atomic E-state index is 0.312. The van der Waals surface area contributed by atoms with E-state index in [0.29, 0.717) is 24.3 Å². The second kappa shape index (κ2) is 10.0. The van der Waals surface area contributed by atoms with Gasteiger partial charge in [-0.25, -0.2) is 9.59 Å². The first-order valence-electron chi connectivity index (χ1n) is 12.1. The summed E-state index contributed by atoms with van der Waals surface area (Å²) < 4.78 is 10.6. The van der Waals surface area contributed by atoms with E-state index in [1.807, 2.05) is 60.7 Å². The van der Waals surface area contributed by atoms with Gasteiger partial charge in [0.05, 0.1) is 24.3 Å². The number of hydrogen-bond donors (Lipinski definition) is 0. The Bertz CT molecular complexity index is 1450. The number of ether oxygens (including phenoxy) is 2. The number of benzene rings is 5. The first kappa shape index (κ1) is 23.3. The molecule has 36 heavy (non-hydrogen) atoms. The lowest BCUT2D eigenvalue weighted by Crippen LogP contribution is -2.05. The van der Waals surface area contributed by atoms with Crippen molar-refractivity contribution in [2.24, 2.45) is 0 Å². The molecular formula is C32H26O4. The molecular weight excluding hydrogens is 448 g/mol. The molecule has 0 N–H and O–H groups in total. The number of carbonyl (C=O) groups is 2. The summed E-state index contributed by atoms with van der Waals surface area (Å²) in [6.45, 7) is 4.23. The first-order chi connectivity index (χ1) is 17.6. The zero-order valence-electron chi connectivity index (χ0n) is 20.3. The van der Waals surface area contributed by atoms with E-state index in [2.05, 4.69) is 24.3 Å². The lowest BCUT2D eigenvalue weighted by atomic mass is 9.84. The maximum Gasteiger partial charge on any atom is 0.338 e. The highest BCUT2D eigenvalue weighted by atomic mass is 16.5. The molecule has 0 saturated carbocycles. The summed E-state index contributed by atoms with van der Waals surface area (Å²) in [6, 6.07) is 31.6. The van der Waals surface area contributed by atoms with E-state index >= 15 is 0 Å². The van der Waals surface area contributed by atoms with Crippen LogP contribution in [-0.4, -0.2) is 25.2 Å². The smallest absolute Gasteiger partial charge is 0.338 e. The van der Waals surface area contributed by atoms with Crippen LogP contribution in [0.25, 0.3) is 43.8 Å². The molecule has 0 spiro atoms. The van der Waals surface area contributed by atoms with Gasteiger partial charge in [-0.15, -0.1) is 0 Å². The molecule has 4 nitrogen and oxygen atoms in total. The molecule has 0 fully saturated rings. The summed E-state index contributed by atoms with van der Waals surface area (Å²) in [6.07, 6.45) is 0. The number of esters is 2. The van der Waals surface area contributed by atoms with Crippen LogP contribution in [-0.2, 0) is 9.47 Å². The molecule has 0 radical (unpaired) electrons. The van der Waals surface area contributed by atoms with Crippen LogP contribution in [0.3, 0.4) is 0 Å². The summed E-state index contributed by atoms with van der Waals surface area (Å²) in [5, 5.41) is 3.88. The Morgan fingerprint density at radius 3 is 1.28 bits per heavy atom. The van der Waals surface area contributed by atoms with Crippen LogP contribution in [0.5, 0.6) is 0 Å². The van der Waals surface area contributed by atoms with E-state index in [4.69, 9.17) is 9.47 Å². The Balaban J connectivity index is 1.95.